The molecule has 1 aromatic rings. The lowest BCUT2D eigenvalue weighted by atomic mass is 10.0. The zero-order valence-corrected chi connectivity index (χ0v) is 13.1. The van der Waals surface area contributed by atoms with Crippen LogP contribution in [0.1, 0.15) is 19.4 Å². The Hall–Kier alpha value is -1.89. The van der Waals surface area contributed by atoms with Gasteiger partial charge in [-0.15, -0.1) is 0 Å². The van der Waals surface area contributed by atoms with E-state index in [1.54, 1.807) is 6.92 Å². The number of alkyl halides is 3. The Morgan fingerprint density at radius 3 is 2.57 bits per heavy atom. The highest BCUT2D eigenvalue weighted by atomic mass is 35.5. The van der Waals surface area contributed by atoms with Crippen LogP contribution in [0.3, 0.4) is 0 Å². The van der Waals surface area contributed by atoms with Gasteiger partial charge in [0, 0.05) is 11.6 Å². The van der Waals surface area contributed by atoms with Crippen LogP contribution < -0.4 is 9.47 Å². The molecule has 23 heavy (non-hydrogen) atoms. The first-order valence-corrected chi connectivity index (χ1v) is 7.24. The predicted molar refractivity (Wildman–Crippen MR) is 77.7 cm³/mol. The van der Waals surface area contributed by atoms with Crippen LogP contribution in [0.4, 0.5) is 13.2 Å². The predicted octanol–water partition coefficient (Wildman–Crippen LogP) is 4.01. The van der Waals surface area contributed by atoms with Crippen LogP contribution in [-0.2, 0) is 9.53 Å². The van der Waals surface area contributed by atoms with E-state index in [9.17, 15) is 18.0 Å². The largest absolute Gasteiger partial charge is 0.494 e. The number of fused-ring (bicyclic) bond motifs is 1. The molecular weight excluding hydrogens is 337 g/mol. The summed E-state index contributed by atoms with van der Waals surface area (Å²) in [5.41, 5.74) is -0.402. The van der Waals surface area contributed by atoms with E-state index in [-0.39, 0.29) is 22.9 Å². The van der Waals surface area contributed by atoms with E-state index >= 15 is 0 Å². The summed E-state index contributed by atoms with van der Waals surface area (Å²) in [5, 5.41) is -0.0284. The molecule has 1 heterocycles. The van der Waals surface area contributed by atoms with Crippen molar-refractivity contribution in [3.8, 4) is 11.5 Å². The zero-order chi connectivity index (χ0) is 17.2. The van der Waals surface area contributed by atoms with Crippen LogP contribution in [-0.4, -0.2) is 31.5 Å². The number of hydrogen-bond acceptors (Lipinski definition) is 4. The molecule has 0 radical (unpaired) electrons. The standard InChI is InChI=1S/C15H14ClF3O4/c1-3-21-9-5-8-6-10(14(20)22-4-2)13(15(17,18)19)23-12(8)11(16)7-9/h5-7,13H,3-4H2,1-2H3. The third-order valence-corrected chi connectivity index (χ3v) is 3.28. The van der Waals surface area contributed by atoms with Crippen molar-refractivity contribution in [3.63, 3.8) is 0 Å². The fourth-order valence-corrected chi connectivity index (χ4v) is 2.38. The van der Waals surface area contributed by atoms with Crippen LogP contribution in [0.15, 0.2) is 17.7 Å². The van der Waals surface area contributed by atoms with Gasteiger partial charge in [-0.25, -0.2) is 4.79 Å². The monoisotopic (exact) mass is 350 g/mol. The van der Waals surface area contributed by atoms with Crippen molar-refractivity contribution in [2.24, 2.45) is 0 Å². The first kappa shape index (κ1) is 17.5. The van der Waals surface area contributed by atoms with Crippen molar-refractivity contribution in [1.29, 1.82) is 0 Å². The molecule has 4 nitrogen and oxygen atoms in total. The molecule has 8 heteroatoms. The smallest absolute Gasteiger partial charge is 0.430 e. The number of halogens is 4. The lowest BCUT2D eigenvalue weighted by Crippen LogP contribution is -2.40. The van der Waals surface area contributed by atoms with E-state index in [0.717, 1.165) is 6.08 Å². The molecule has 1 atom stereocenters. The Morgan fingerprint density at radius 1 is 1.30 bits per heavy atom. The summed E-state index contributed by atoms with van der Waals surface area (Å²) in [6.07, 6.45) is -6.13. The average Bonchev–Trinajstić information content (AvgIpc) is 2.45. The van der Waals surface area contributed by atoms with Gasteiger partial charge in [-0.3, -0.25) is 0 Å². The highest BCUT2D eigenvalue weighted by Gasteiger charge is 2.49. The first-order valence-electron chi connectivity index (χ1n) is 6.86. The summed E-state index contributed by atoms with van der Waals surface area (Å²) in [7, 11) is 0. The van der Waals surface area contributed by atoms with Crippen molar-refractivity contribution in [3.05, 3.63) is 28.3 Å². The normalized spacial score (nSPS) is 17.0. The summed E-state index contributed by atoms with van der Waals surface area (Å²) in [6.45, 7) is 3.56. The molecule has 0 bridgehead atoms. The number of esters is 1. The maximum Gasteiger partial charge on any atom is 0.430 e. The maximum atomic E-state index is 13.2. The number of hydrogen-bond donors (Lipinski definition) is 0. The second kappa shape index (κ2) is 6.70. The Balaban J connectivity index is 2.53. The van der Waals surface area contributed by atoms with Crippen LogP contribution in [0.25, 0.3) is 6.08 Å². The second-order valence-corrected chi connectivity index (χ2v) is 5.02. The second-order valence-electron chi connectivity index (χ2n) is 4.62. The van der Waals surface area contributed by atoms with E-state index in [2.05, 4.69) is 4.74 Å². The Labute approximate surface area is 135 Å². The number of rotatable bonds is 4. The molecule has 0 aliphatic carbocycles. The molecule has 0 amide bonds. The molecule has 0 aromatic heterocycles. The quantitative estimate of drug-likeness (QED) is 0.770. The number of benzene rings is 1. The summed E-state index contributed by atoms with van der Waals surface area (Å²) >= 11 is 5.97. The van der Waals surface area contributed by atoms with Gasteiger partial charge in [0.1, 0.15) is 11.5 Å². The van der Waals surface area contributed by atoms with E-state index in [4.69, 9.17) is 21.1 Å². The van der Waals surface area contributed by atoms with Crippen molar-refractivity contribution in [2.45, 2.75) is 26.1 Å². The van der Waals surface area contributed by atoms with Crippen LogP contribution in [0, 0.1) is 0 Å². The molecule has 2 rings (SSSR count). The maximum absolute atomic E-state index is 13.2. The topological polar surface area (TPSA) is 44.8 Å². The van der Waals surface area contributed by atoms with Crippen LogP contribution >= 0.6 is 11.6 Å². The average molecular weight is 351 g/mol. The number of ether oxygens (including phenoxy) is 3. The van der Waals surface area contributed by atoms with Gasteiger partial charge in [-0.05, 0) is 26.0 Å². The van der Waals surface area contributed by atoms with Crippen LogP contribution in [0.5, 0.6) is 11.5 Å². The van der Waals surface area contributed by atoms with Gasteiger partial charge in [0.2, 0.25) is 6.10 Å². The van der Waals surface area contributed by atoms with Crippen molar-refractivity contribution in [2.75, 3.05) is 13.2 Å². The fourth-order valence-electron chi connectivity index (χ4n) is 2.12. The molecule has 1 aliphatic heterocycles. The minimum Gasteiger partial charge on any atom is -0.494 e. The lowest BCUT2D eigenvalue weighted by Gasteiger charge is -2.28. The molecule has 0 spiro atoms. The highest BCUT2D eigenvalue weighted by Crippen LogP contribution is 2.43. The summed E-state index contributed by atoms with van der Waals surface area (Å²) < 4.78 is 54.4. The number of carbonyl (C=O) groups excluding carboxylic acids is 1. The van der Waals surface area contributed by atoms with Crippen LogP contribution in [0.2, 0.25) is 5.02 Å². The molecule has 0 saturated heterocycles. The van der Waals surface area contributed by atoms with E-state index in [1.165, 1.54) is 19.1 Å². The van der Waals surface area contributed by atoms with Gasteiger partial charge in [-0.2, -0.15) is 13.2 Å². The molecule has 126 valence electrons. The molecule has 1 aliphatic rings. The van der Waals surface area contributed by atoms with Crippen molar-refractivity contribution < 1.29 is 32.2 Å². The van der Waals surface area contributed by atoms with E-state index in [0.29, 0.717) is 12.4 Å². The van der Waals surface area contributed by atoms with Crippen molar-refractivity contribution in [1.82, 2.24) is 0 Å². The summed E-state index contributed by atoms with van der Waals surface area (Å²) in [6, 6.07) is 2.82. The van der Waals surface area contributed by atoms with Gasteiger partial charge in [0.25, 0.3) is 0 Å². The van der Waals surface area contributed by atoms with E-state index in [1.807, 2.05) is 0 Å². The number of carbonyl (C=O) groups is 1. The molecule has 0 saturated carbocycles. The fraction of sp³-hybridized carbons (Fsp3) is 0.400. The lowest BCUT2D eigenvalue weighted by molar-refractivity contribution is -0.187. The Morgan fingerprint density at radius 2 is 2.00 bits per heavy atom. The SMILES string of the molecule is CCOC(=O)C1=Cc2cc(OCC)cc(Cl)c2OC1C(F)(F)F. The molecule has 0 N–H and O–H groups in total. The van der Waals surface area contributed by atoms with Gasteiger partial charge < -0.3 is 14.2 Å². The first-order chi connectivity index (χ1) is 10.8. The molecule has 1 aromatic carbocycles. The summed E-state index contributed by atoms with van der Waals surface area (Å²) in [5.74, 6) is -0.867. The minimum atomic E-state index is -4.78. The Kier molecular flexibility index (Phi) is 5.09. The van der Waals surface area contributed by atoms with Gasteiger partial charge in [0.05, 0.1) is 23.8 Å². The summed E-state index contributed by atoms with van der Waals surface area (Å²) in [4.78, 5) is 11.8. The molecule has 1 unspecified atom stereocenters. The van der Waals surface area contributed by atoms with Crippen molar-refractivity contribution >= 4 is 23.6 Å². The van der Waals surface area contributed by atoms with Gasteiger partial charge in [-0.1, -0.05) is 11.6 Å². The molecular formula is C15H14ClF3O4. The third kappa shape index (κ3) is 3.72. The molecule has 0 fully saturated rings. The zero-order valence-electron chi connectivity index (χ0n) is 12.4. The van der Waals surface area contributed by atoms with E-state index < -0.39 is 23.8 Å². The highest BCUT2D eigenvalue weighted by molar-refractivity contribution is 6.32. The van der Waals surface area contributed by atoms with Gasteiger partial charge in [0.15, 0.2) is 0 Å². The minimum absolute atomic E-state index is 0.0284. The third-order valence-electron chi connectivity index (χ3n) is 2.99. The van der Waals surface area contributed by atoms with Gasteiger partial charge >= 0.3 is 12.1 Å². The Bertz CT molecular complexity index is 640.